The Morgan fingerprint density at radius 1 is 1.28 bits per heavy atom. The van der Waals surface area contributed by atoms with Crippen LogP contribution >= 0.6 is 0 Å². The molecule has 9 heteroatoms. The van der Waals surface area contributed by atoms with Gasteiger partial charge in [0.2, 0.25) is 0 Å². The van der Waals surface area contributed by atoms with Gasteiger partial charge in [-0.3, -0.25) is 13.9 Å². The molecule has 1 atom stereocenters. The normalized spacial score (nSPS) is 11.6. The molecule has 0 fully saturated rings. The number of nitriles is 1. The van der Waals surface area contributed by atoms with Crippen LogP contribution in [0.3, 0.4) is 0 Å². The Bertz CT molecular complexity index is 912. The minimum atomic E-state index is -0.990. The van der Waals surface area contributed by atoms with E-state index in [2.05, 4.69) is 5.32 Å². The van der Waals surface area contributed by atoms with Crippen molar-refractivity contribution >= 4 is 5.82 Å². The largest absolute Gasteiger partial charge is 0.491 e. The molecule has 0 aliphatic rings. The number of anilines is 1. The van der Waals surface area contributed by atoms with E-state index < -0.39 is 23.2 Å². The summed E-state index contributed by atoms with van der Waals surface area (Å²) in [4.78, 5) is 23.9. The Morgan fingerprint density at radius 2 is 1.92 bits per heavy atom. The summed E-state index contributed by atoms with van der Waals surface area (Å²) in [5, 5.41) is 21.8. The molecule has 0 radical (unpaired) electrons. The van der Waals surface area contributed by atoms with Gasteiger partial charge in [-0.05, 0) is 24.3 Å². The van der Waals surface area contributed by atoms with Crippen molar-refractivity contribution in [1.29, 1.82) is 5.26 Å². The van der Waals surface area contributed by atoms with Crippen molar-refractivity contribution in [3.63, 3.8) is 0 Å². The first kappa shape index (κ1) is 18.2. The summed E-state index contributed by atoms with van der Waals surface area (Å²) >= 11 is 0. The van der Waals surface area contributed by atoms with Crippen LogP contribution in [0.15, 0.2) is 33.9 Å². The number of halogens is 1. The molecule has 25 heavy (non-hydrogen) atoms. The Balaban J connectivity index is 2.06. The van der Waals surface area contributed by atoms with Gasteiger partial charge in [-0.2, -0.15) is 5.26 Å². The van der Waals surface area contributed by atoms with Crippen LogP contribution in [-0.2, 0) is 14.1 Å². The Kier molecular flexibility index (Phi) is 5.56. The lowest BCUT2D eigenvalue weighted by atomic mass is 10.3. The van der Waals surface area contributed by atoms with E-state index in [4.69, 9.17) is 10.00 Å². The molecule has 0 bridgehead atoms. The molecule has 2 rings (SSSR count). The van der Waals surface area contributed by atoms with Gasteiger partial charge in [0.05, 0.1) is 0 Å². The Hall–Kier alpha value is -3.12. The summed E-state index contributed by atoms with van der Waals surface area (Å²) in [6.07, 6.45) is -0.990. The van der Waals surface area contributed by atoms with Crippen LogP contribution in [0.1, 0.15) is 5.56 Å². The molecule has 0 saturated heterocycles. The van der Waals surface area contributed by atoms with Crippen molar-refractivity contribution in [3.05, 3.63) is 56.5 Å². The van der Waals surface area contributed by atoms with Crippen LogP contribution < -0.4 is 21.3 Å². The summed E-state index contributed by atoms with van der Waals surface area (Å²) < 4.78 is 20.1. The molecule has 132 valence electrons. The molecular weight excluding hydrogens is 331 g/mol. The van der Waals surface area contributed by atoms with Crippen molar-refractivity contribution in [2.75, 3.05) is 18.5 Å². The molecule has 0 aliphatic heterocycles. The number of aliphatic hydroxyl groups is 1. The molecule has 0 saturated carbocycles. The van der Waals surface area contributed by atoms with Crippen LogP contribution in [-0.4, -0.2) is 33.5 Å². The molecule has 2 aromatic rings. The number of hydrogen-bond donors (Lipinski definition) is 2. The van der Waals surface area contributed by atoms with Gasteiger partial charge in [-0.1, -0.05) is 0 Å². The summed E-state index contributed by atoms with van der Waals surface area (Å²) in [6, 6.07) is 7.07. The predicted molar refractivity (Wildman–Crippen MR) is 88.0 cm³/mol. The number of benzene rings is 1. The monoisotopic (exact) mass is 348 g/mol. The zero-order chi connectivity index (χ0) is 18.6. The van der Waals surface area contributed by atoms with Crippen molar-refractivity contribution in [1.82, 2.24) is 9.13 Å². The van der Waals surface area contributed by atoms with Gasteiger partial charge in [0, 0.05) is 20.6 Å². The number of hydrogen-bond acceptors (Lipinski definition) is 6. The SMILES string of the molecule is Cn1c(NCC(O)COc2ccc(F)cc2)c(C#N)c(=O)n(C)c1=O. The fraction of sp³-hybridized carbons (Fsp3) is 0.312. The van der Waals surface area contributed by atoms with Gasteiger partial charge in [0.1, 0.15) is 36.2 Å². The fourth-order valence-corrected chi connectivity index (χ4v) is 2.15. The van der Waals surface area contributed by atoms with Crippen molar-refractivity contribution in [2.24, 2.45) is 14.1 Å². The molecule has 0 spiro atoms. The fourth-order valence-electron chi connectivity index (χ4n) is 2.15. The van der Waals surface area contributed by atoms with E-state index >= 15 is 0 Å². The van der Waals surface area contributed by atoms with Gasteiger partial charge in [-0.15, -0.1) is 0 Å². The summed E-state index contributed by atoms with van der Waals surface area (Å²) in [5.41, 5.74) is -1.54. The van der Waals surface area contributed by atoms with Gasteiger partial charge < -0.3 is 15.2 Å². The summed E-state index contributed by atoms with van der Waals surface area (Å²) in [5.74, 6) is 0.0146. The third-order valence-corrected chi connectivity index (χ3v) is 3.54. The second-order valence-corrected chi connectivity index (χ2v) is 5.34. The molecule has 0 amide bonds. The highest BCUT2D eigenvalue weighted by atomic mass is 19.1. The van der Waals surface area contributed by atoms with Crippen molar-refractivity contribution in [3.8, 4) is 11.8 Å². The van der Waals surface area contributed by atoms with Crippen LogP contribution in [0, 0.1) is 17.1 Å². The van der Waals surface area contributed by atoms with Gasteiger partial charge in [0.15, 0.2) is 5.56 Å². The van der Waals surface area contributed by atoms with E-state index in [1.165, 1.54) is 38.4 Å². The highest BCUT2D eigenvalue weighted by Crippen LogP contribution is 2.12. The van der Waals surface area contributed by atoms with Gasteiger partial charge in [0.25, 0.3) is 5.56 Å². The second kappa shape index (κ2) is 7.63. The first-order valence-corrected chi connectivity index (χ1v) is 7.35. The van der Waals surface area contributed by atoms with E-state index in [0.29, 0.717) is 5.75 Å². The number of aromatic nitrogens is 2. The van der Waals surface area contributed by atoms with Crippen molar-refractivity contribution in [2.45, 2.75) is 6.10 Å². The van der Waals surface area contributed by atoms with E-state index in [9.17, 15) is 19.1 Å². The minimum absolute atomic E-state index is 0.0245. The summed E-state index contributed by atoms with van der Waals surface area (Å²) in [6.45, 7) is -0.157. The number of nitrogens with zero attached hydrogens (tertiary/aromatic N) is 3. The lowest BCUT2D eigenvalue weighted by molar-refractivity contribution is 0.117. The number of aliphatic hydroxyl groups excluding tert-OH is 1. The number of nitrogens with one attached hydrogen (secondary N) is 1. The Labute approximate surface area is 142 Å². The molecule has 2 N–H and O–H groups in total. The smallest absolute Gasteiger partial charge is 0.332 e. The molecule has 1 aromatic heterocycles. The Morgan fingerprint density at radius 3 is 2.52 bits per heavy atom. The number of rotatable bonds is 6. The lowest BCUT2D eigenvalue weighted by Gasteiger charge is -2.17. The second-order valence-electron chi connectivity index (χ2n) is 5.34. The standard InChI is InChI=1S/C16H17FN4O4/c1-20-14(13(7-18)15(23)21(2)16(20)24)19-8-11(22)9-25-12-5-3-10(17)4-6-12/h3-6,11,19,22H,8-9H2,1-2H3. The zero-order valence-electron chi connectivity index (χ0n) is 13.7. The quantitative estimate of drug-likeness (QED) is 0.757. The average Bonchev–Trinajstić information content (AvgIpc) is 2.61. The lowest BCUT2D eigenvalue weighted by Crippen LogP contribution is -2.40. The maximum atomic E-state index is 12.8. The third-order valence-electron chi connectivity index (χ3n) is 3.54. The van der Waals surface area contributed by atoms with E-state index in [1.54, 1.807) is 6.07 Å². The molecule has 8 nitrogen and oxygen atoms in total. The third kappa shape index (κ3) is 4.05. The first-order chi connectivity index (χ1) is 11.8. The molecule has 1 unspecified atom stereocenters. The molecule has 1 aromatic carbocycles. The number of ether oxygens (including phenoxy) is 1. The van der Waals surface area contributed by atoms with E-state index in [1.807, 2.05) is 0 Å². The minimum Gasteiger partial charge on any atom is -0.491 e. The van der Waals surface area contributed by atoms with Gasteiger partial charge in [-0.25, -0.2) is 9.18 Å². The van der Waals surface area contributed by atoms with Crippen LogP contribution in [0.5, 0.6) is 5.75 Å². The topological polar surface area (TPSA) is 109 Å². The highest BCUT2D eigenvalue weighted by molar-refractivity contribution is 5.51. The highest BCUT2D eigenvalue weighted by Gasteiger charge is 2.16. The maximum absolute atomic E-state index is 12.8. The van der Waals surface area contributed by atoms with E-state index in [0.717, 1.165) is 9.13 Å². The maximum Gasteiger partial charge on any atom is 0.332 e. The molecular formula is C16H17FN4O4. The molecule has 1 heterocycles. The first-order valence-electron chi connectivity index (χ1n) is 7.35. The van der Waals surface area contributed by atoms with Gasteiger partial charge >= 0.3 is 5.69 Å². The summed E-state index contributed by atoms with van der Waals surface area (Å²) in [7, 11) is 2.69. The van der Waals surface area contributed by atoms with Crippen molar-refractivity contribution < 1.29 is 14.2 Å². The van der Waals surface area contributed by atoms with E-state index in [-0.39, 0.29) is 24.5 Å². The van der Waals surface area contributed by atoms with Crippen LogP contribution in [0.2, 0.25) is 0 Å². The molecule has 0 aliphatic carbocycles. The average molecular weight is 348 g/mol. The van der Waals surface area contributed by atoms with Crippen LogP contribution in [0.25, 0.3) is 0 Å². The predicted octanol–water partition coefficient (Wildman–Crippen LogP) is -0.0534. The zero-order valence-corrected chi connectivity index (χ0v) is 13.7. The van der Waals surface area contributed by atoms with Crippen LogP contribution in [0.4, 0.5) is 10.2 Å².